The van der Waals surface area contributed by atoms with Crippen LogP contribution in [0.25, 0.3) is 0 Å². The number of carbonyl (C=O) groups excluding carboxylic acids is 1. The number of amides is 1. The van der Waals surface area contributed by atoms with Crippen LogP contribution in [0.4, 0.5) is 14.5 Å². The fourth-order valence-corrected chi connectivity index (χ4v) is 3.02. The Morgan fingerprint density at radius 2 is 1.81 bits per heavy atom. The van der Waals surface area contributed by atoms with Gasteiger partial charge in [0.25, 0.3) is 5.91 Å². The summed E-state index contributed by atoms with van der Waals surface area (Å²) < 4.78 is 33.4. The first-order valence-electron chi connectivity index (χ1n) is 8.34. The van der Waals surface area contributed by atoms with Gasteiger partial charge in [-0.05, 0) is 44.2 Å². The molecule has 0 aliphatic carbocycles. The molecule has 0 spiro atoms. The lowest BCUT2D eigenvalue weighted by Gasteiger charge is -2.29. The molecule has 0 aromatic heterocycles. The summed E-state index contributed by atoms with van der Waals surface area (Å²) in [5.74, 6) is -2.26. The fraction of sp³-hybridized carbons (Fsp3) is 0.316. The number of halogens is 4. The van der Waals surface area contributed by atoms with Gasteiger partial charge in [-0.1, -0.05) is 17.7 Å². The molecule has 1 saturated heterocycles. The molecule has 1 fully saturated rings. The second-order valence-electron chi connectivity index (χ2n) is 6.32. The summed E-state index contributed by atoms with van der Waals surface area (Å²) in [5.41, 5.74) is -0.273. The van der Waals surface area contributed by atoms with Crippen molar-refractivity contribution >= 4 is 35.6 Å². The fourth-order valence-electron chi connectivity index (χ4n) is 2.86. The van der Waals surface area contributed by atoms with Crippen molar-refractivity contribution in [2.24, 2.45) is 0 Å². The molecule has 4 nitrogen and oxygen atoms in total. The van der Waals surface area contributed by atoms with E-state index < -0.39 is 23.1 Å². The summed E-state index contributed by atoms with van der Waals surface area (Å²) >= 11 is 6.18. The first-order valence-corrected chi connectivity index (χ1v) is 8.72. The summed E-state index contributed by atoms with van der Waals surface area (Å²) in [5, 5.41) is 2.90. The number of nitrogens with one attached hydrogen (secondary N) is 1. The Hall–Kier alpha value is -1.89. The molecule has 1 N–H and O–H groups in total. The van der Waals surface area contributed by atoms with Gasteiger partial charge in [0.1, 0.15) is 29.1 Å². The zero-order valence-electron chi connectivity index (χ0n) is 14.7. The van der Waals surface area contributed by atoms with E-state index in [1.54, 1.807) is 18.2 Å². The van der Waals surface area contributed by atoms with Gasteiger partial charge < -0.3 is 15.0 Å². The van der Waals surface area contributed by atoms with Crippen LogP contribution in [0.2, 0.25) is 5.02 Å². The topological polar surface area (TPSA) is 41.6 Å². The number of benzene rings is 2. The number of nitrogens with zero attached hydrogens (tertiary/aromatic N) is 1. The van der Waals surface area contributed by atoms with Crippen LogP contribution in [0, 0.1) is 11.6 Å². The Labute approximate surface area is 167 Å². The number of hydrogen-bond donors (Lipinski definition) is 1. The summed E-state index contributed by atoms with van der Waals surface area (Å²) in [7, 11) is 2.06. The Bertz CT molecular complexity index is 792. The molecule has 0 radical (unpaired) electrons. The highest BCUT2D eigenvalue weighted by atomic mass is 35.5. The van der Waals surface area contributed by atoms with Crippen molar-refractivity contribution in [1.82, 2.24) is 4.90 Å². The minimum atomic E-state index is -0.917. The van der Waals surface area contributed by atoms with Crippen LogP contribution in [0.15, 0.2) is 36.4 Å². The second-order valence-corrected chi connectivity index (χ2v) is 6.72. The molecule has 2 aromatic carbocycles. The van der Waals surface area contributed by atoms with E-state index in [1.165, 1.54) is 6.07 Å². The van der Waals surface area contributed by atoms with Crippen molar-refractivity contribution < 1.29 is 18.3 Å². The van der Waals surface area contributed by atoms with Gasteiger partial charge in [0.2, 0.25) is 0 Å². The maximum absolute atomic E-state index is 13.7. The molecule has 0 atom stereocenters. The number of hydrogen-bond acceptors (Lipinski definition) is 3. The van der Waals surface area contributed by atoms with Gasteiger partial charge in [-0.3, -0.25) is 4.79 Å². The zero-order chi connectivity index (χ0) is 18.7. The molecule has 2 aromatic rings. The highest BCUT2D eigenvalue weighted by Gasteiger charge is 2.20. The van der Waals surface area contributed by atoms with Gasteiger partial charge in [0.15, 0.2) is 0 Å². The van der Waals surface area contributed by atoms with E-state index in [4.69, 9.17) is 16.3 Å². The van der Waals surface area contributed by atoms with Crippen LogP contribution in [0.1, 0.15) is 23.2 Å². The molecule has 8 heteroatoms. The summed E-state index contributed by atoms with van der Waals surface area (Å²) in [6, 6.07) is 7.98. The molecule has 0 bridgehead atoms. The predicted octanol–water partition coefficient (Wildman–Crippen LogP) is 4.77. The van der Waals surface area contributed by atoms with Crippen molar-refractivity contribution in [2.45, 2.75) is 18.9 Å². The number of likely N-dealkylation sites (tertiary alicyclic amines) is 1. The first kappa shape index (κ1) is 21.4. The first-order chi connectivity index (χ1) is 12.4. The van der Waals surface area contributed by atoms with E-state index in [0.29, 0.717) is 16.5 Å². The van der Waals surface area contributed by atoms with Crippen LogP contribution < -0.4 is 10.1 Å². The van der Waals surface area contributed by atoms with Gasteiger partial charge >= 0.3 is 0 Å². The van der Waals surface area contributed by atoms with Crippen LogP contribution in [0.3, 0.4) is 0 Å². The third-order valence-electron chi connectivity index (χ3n) is 4.34. The predicted molar refractivity (Wildman–Crippen MR) is 104 cm³/mol. The SMILES string of the molecule is CN1CCC(Oc2cc(NC(=O)c3c(F)cccc3F)ccc2Cl)CC1.Cl. The van der Waals surface area contributed by atoms with E-state index in [9.17, 15) is 13.6 Å². The minimum Gasteiger partial charge on any atom is -0.489 e. The molecule has 1 aliphatic rings. The third kappa shape index (κ3) is 5.31. The van der Waals surface area contributed by atoms with E-state index in [-0.39, 0.29) is 18.5 Å². The molecule has 1 amide bonds. The van der Waals surface area contributed by atoms with E-state index in [0.717, 1.165) is 38.1 Å². The van der Waals surface area contributed by atoms with Crippen LogP contribution in [-0.4, -0.2) is 37.0 Å². The molecule has 146 valence electrons. The van der Waals surface area contributed by atoms with Crippen LogP contribution >= 0.6 is 24.0 Å². The van der Waals surface area contributed by atoms with Gasteiger partial charge in [0, 0.05) is 24.8 Å². The average Bonchev–Trinajstić information content (AvgIpc) is 2.59. The lowest BCUT2D eigenvalue weighted by Crippen LogP contribution is -2.35. The second kappa shape index (κ2) is 9.35. The van der Waals surface area contributed by atoms with Crippen LogP contribution in [-0.2, 0) is 0 Å². The van der Waals surface area contributed by atoms with E-state index >= 15 is 0 Å². The largest absolute Gasteiger partial charge is 0.489 e. The molecule has 0 unspecified atom stereocenters. The molecule has 1 aliphatic heterocycles. The summed E-state index contributed by atoms with van der Waals surface area (Å²) in [4.78, 5) is 14.4. The Morgan fingerprint density at radius 3 is 2.44 bits per heavy atom. The Balaban J connectivity index is 0.00000261. The van der Waals surface area contributed by atoms with Crippen LogP contribution in [0.5, 0.6) is 5.75 Å². The molecule has 27 heavy (non-hydrogen) atoms. The number of anilines is 1. The number of carbonyl (C=O) groups is 1. The molecule has 0 saturated carbocycles. The van der Waals surface area contributed by atoms with Gasteiger partial charge in [-0.15, -0.1) is 12.4 Å². The van der Waals surface area contributed by atoms with Crippen molar-refractivity contribution in [3.63, 3.8) is 0 Å². The smallest absolute Gasteiger partial charge is 0.261 e. The normalized spacial score (nSPS) is 15.1. The summed E-state index contributed by atoms with van der Waals surface area (Å²) in [6.07, 6.45) is 1.80. The third-order valence-corrected chi connectivity index (χ3v) is 4.65. The van der Waals surface area contributed by atoms with Gasteiger partial charge in [-0.25, -0.2) is 8.78 Å². The zero-order valence-corrected chi connectivity index (χ0v) is 16.2. The van der Waals surface area contributed by atoms with E-state index in [2.05, 4.69) is 17.3 Å². The standard InChI is InChI=1S/C19H19ClF2N2O2.ClH/c1-24-9-7-13(8-10-24)26-17-11-12(5-6-14(17)20)23-19(25)18-15(21)3-2-4-16(18)22;/h2-6,11,13H,7-10H2,1H3,(H,23,25);1H. The average molecular weight is 417 g/mol. The van der Waals surface area contributed by atoms with Crippen molar-refractivity contribution in [3.8, 4) is 5.75 Å². The Kier molecular flexibility index (Phi) is 7.41. The summed E-state index contributed by atoms with van der Waals surface area (Å²) in [6.45, 7) is 1.87. The maximum atomic E-state index is 13.7. The number of ether oxygens (including phenoxy) is 1. The minimum absolute atomic E-state index is 0. The van der Waals surface area contributed by atoms with E-state index in [1.807, 2.05) is 0 Å². The lowest BCUT2D eigenvalue weighted by atomic mass is 10.1. The van der Waals surface area contributed by atoms with Crippen molar-refractivity contribution in [1.29, 1.82) is 0 Å². The highest BCUT2D eigenvalue weighted by Crippen LogP contribution is 2.30. The Morgan fingerprint density at radius 1 is 1.19 bits per heavy atom. The molecular formula is C19H20Cl2F2N2O2. The quantitative estimate of drug-likeness (QED) is 0.780. The maximum Gasteiger partial charge on any atom is 0.261 e. The monoisotopic (exact) mass is 416 g/mol. The van der Waals surface area contributed by atoms with Gasteiger partial charge in [0.05, 0.1) is 5.02 Å². The number of rotatable bonds is 4. The highest BCUT2D eigenvalue weighted by molar-refractivity contribution is 6.32. The molecule has 3 rings (SSSR count). The van der Waals surface area contributed by atoms with Crippen molar-refractivity contribution in [2.75, 3.05) is 25.5 Å². The molecular weight excluding hydrogens is 397 g/mol. The number of piperidine rings is 1. The van der Waals surface area contributed by atoms with Crippen molar-refractivity contribution in [3.05, 3.63) is 58.6 Å². The molecule has 1 heterocycles. The lowest BCUT2D eigenvalue weighted by molar-refractivity contribution is 0.101. The van der Waals surface area contributed by atoms with Gasteiger partial charge in [-0.2, -0.15) is 0 Å².